The van der Waals surface area contributed by atoms with E-state index in [2.05, 4.69) is 0 Å². The van der Waals surface area contributed by atoms with Crippen molar-refractivity contribution >= 4 is 0 Å². The molecule has 0 N–H and O–H groups in total. The monoisotopic (exact) mass is 519 g/mol. The topological polar surface area (TPSA) is 28.5 Å². The standard InChI is InChI=1S/4BrH.O.Re/h4*1H;;/q;;;;-2;/p-4. The number of halogens is 4. The summed E-state index contributed by atoms with van der Waals surface area (Å²) in [5.74, 6) is 0. The van der Waals surface area contributed by atoms with E-state index in [0.29, 0.717) is 0 Å². The second-order valence-electron chi connectivity index (χ2n) is 0. The van der Waals surface area contributed by atoms with Gasteiger partial charge in [-0.25, -0.2) is 0 Å². The second-order valence-corrected chi connectivity index (χ2v) is 0. The van der Waals surface area contributed by atoms with Crippen LogP contribution < -0.4 is 67.9 Å². The normalized spacial score (nSPS) is 0. The van der Waals surface area contributed by atoms with Crippen LogP contribution in [0.5, 0.6) is 0 Å². The zero-order valence-corrected chi connectivity index (χ0v) is 11.4. The molecule has 0 bridgehead atoms. The van der Waals surface area contributed by atoms with Crippen molar-refractivity contribution in [1.82, 2.24) is 0 Å². The molecule has 0 aliphatic rings. The van der Waals surface area contributed by atoms with Crippen LogP contribution in [0.25, 0.3) is 0 Å². The van der Waals surface area contributed by atoms with Crippen LogP contribution in [0.4, 0.5) is 0 Å². The Morgan fingerprint density at radius 3 is 0.500 bits per heavy atom. The van der Waals surface area contributed by atoms with Crippen molar-refractivity contribution < 1.29 is 93.8 Å². The smallest absolute Gasteiger partial charge is 0 e. The molecule has 6 heavy (non-hydrogen) atoms. The van der Waals surface area contributed by atoms with Crippen LogP contribution in [0.1, 0.15) is 0 Å². The van der Waals surface area contributed by atoms with Gasteiger partial charge in [0.2, 0.25) is 0 Å². The Labute approximate surface area is 92.7 Å². The summed E-state index contributed by atoms with van der Waals surface area (Å²) >= 11 is 0. The van der Waals surface area contributed by atoms with Gasteiger partial charge in [0.15, 0.2) is 0 Å². The van der Waals surface area contributed by atoms with Gasteiger partial charge < -0.3 is 73.4 Å². The van der Waals surface area contributed by atoms with Gasteiger partial charge in [0.25, 0.3) is 0 Å². The first-order valence-electron chi connectivity index (χ1n) is 0. The molecule has 0 atom stereocenters. The first-order valence-corrected chi connectivity index (χ1v) is 0. The molecule has 0 heterocycles. The van der Waals surface area contributed by atoms with Gasteiger partial charge in [-0.1, -0.05) is 0 Å². The summed E-state index contributed by atoms with van der Waals surface area (Å²) in [6.45, 7) is 0. The summed E-state index contributed by atoms with van der Waals surface area (Å²) in [5.41, 5.74) is 0. The molecule has 1 nitrogen and oxygen atoms in total. The molecule has 47 valence electrons. The van der Waals surface area contributed by atoms with E-state index in [0.717, 1.165) is 0 Å². The van der Waals surface area contributed by atoms with Crippen molar-refractivity contribution in [1.29, 1.82) is 0 Å². The van der Waals surface area contributed by atoms with E-state index in [-0.39, 0.29) is 93.8 Å². The Hall–Kier alpha value is 2.54. The van der Waals surface area contributed by atoms with Crippen LogP contribution in [-0.2, 0) is 25.9 Å². The number of hydrogen-bond donors (Lipinski definition) is 0. The van der Waals surface area contributed by atoms with Crippen LogP contribution in [0, 0.1) is 0 Å². The summed E-state index contributed by atoms with van der Waals surface area (Å²) < 4.78 is 0. The van der Waals surface area contributed by atoms with E-state index in [4.69, 9.17) is 0 Å². The maximum atomic E-state index is 0. The van der Waals surface area contributed by atoms with Crippen LogP contribution in [-0.4, -0.2) is 0 Å². The Bertz CT molecular complexity index is 7.51. The Balaban J connectivity index is 0. The molecule has 0 rings (SSSR count). The SMILES string of the molecule is [Br-].[Br-].[Br-].[Br-].[O-2].[Re]. The molecular formula is Br4ORe-6. The first kappa shape index (κ1) is 75.2. The minimum absolute atomic E-state index is 0. The molecule has 1 radical (unpaired) electrons. The van der Waals surface area contributed by atoms with Gasteiger partial charge in [-0.05, 0) is 0 Å². The van der Waals surface area contributed by atoms with Crippen molar-refractivity contribution in [2.75, 3.05) is 0 Å². The second kappa shape index (κ2) is 49.9. The summed E-state index contributed by atoms with van der Waals surface area (Å²) in [6, 6.07) is 0. The van der Waals surface area contributed by atoms with Crippen LogP contribution >= 0.6 is 0 Å². The third kappa shape index (κ3) is 31.1. The van der Waals surface area contributed by atoms with Crippen molar-refractivity contribution in [3.63, 3.8) is 0 Å². The van der Waals surface area contributed by atoms with Crippen LogP contribution in [0.15, 0.2) is 0 Å². The predicted octanol–water partition coefficient (Wildman–Crippen LogP) is -12.1. The van der Waals surface area contributed by atoms with E-state index in [1.807, 2.05) is 0 Å². The predicted molar refractivity (Wildman–Crippen MR) is 0.686 cm³/mol. The molecule has 0 aromatic heterocycles. The van der Waals surface area contributed by atoms with E-state index < -0.39 is 0 Å². The fourth-order valence-electron chi connectivity index (χ4n) is 0. The van der Waals surface area contributed by atoms with Gasteiger partial charge in [-0.2, -0.15) is 0 Å². The van der Waals surface area contributed by atoms with Crippen molar-refractivity contribution in [3.8, 4) is 0 Å². The Morgan fingerprint density at radius 2 is 0.500 bits per heavy atom. The molecule has 0 aliphatic heterocycles. The molecule has 0 saturated heterocycles. The van der Waals surface area contributed by atoms with Gasteiger partial charge in [0.05, 0.1) is 0 Å². The Kier molecular flexibility index (Phi) is 626. The molecule has 0 aromatic rings. The van der Waals surface area contributed by atoms with Crippen molar-refractivity contribution in [3.05, 3.63) is 0 Å². The third-order valence-corrected chi connectivity index (χ3v) is 0. The van der Waals surface area contributed by atoms with Gasteiger partial charge in [0, 0.05) is 20.4 Å². The number of rotatable bonds is 0. The molecule has 0 aromatic carbocycles. The zero-order valence-electron chi connectivity index (χ0n) is 2.30. The van der Waals surface area contributed by atoms with Crippen LogP contribution in [0.3, 0.4) is 0 Å². The van der Waals surface area contributed by atoms with Crippen molar-refractivity contribution in [2.45, 2.75) is 0 Å². The maximum absolute atomic E-state index is 0. The van der Waals surface area contributed by atoms with E-state index in [9.17, 15) is 0 Å². The molecule has 6 heteroatoms. The minimum Gasteiger partial charge on any atom is -2.00 e. The van der Waals surface area contributed by atoms with Gasteiger partial charge in [-0.15, -0.1) is 0 Å². The summed E-state index contributed by atoms with van der Waals surface area (Å²) in [5, 5.41) is 0. The molecule has 0 saturated carbocycles. The summed E-state index contributed by atoms with van der Waals surface area (Å²) in [6.07, 6.45) is 0. The van der Waals surface area contributed by atoms with Gasteiger partial charge in [0.1, 0.15) is 0 Å². The average molecular weight is 522 g/mol. The molecule has 0 unspecified atom stereocenters. The minimum atomic E-state index is 0. The van der Waals surface area contributed by atoms with E-state index >= 15 is 0 Å². The summed E-state index contributed by atoms with van der Waals surface area (Å²) in [7, 11) is 0. The van der Waals surface area contributed by atoms with Gasteiger partial charge in [-0.3, -0.25) is 0 Å². The van der Waals surface area contributed by atoms with Crippen LogP contribution in [0.2, 0.25) is 0 Å². The fourth-order valence-corrected chi connectivity index (χ4v) is 0. The Morgan fingerprint density at radius 1 is 0.500 bits per heavy atom. The molecule has 0 aliphatic carbocycles. The molecule has 0 fully saturated rings. The van der Waals surface area contributed by atoms with Crippen molar-refractivity contribution in [2.24, 2.45) is 0 Å². The molecule has 0 spiro atoms. The quantitative estimate of drug-likeness (QED) is 0.303. The first-order chi connectivity index (χ1) is 0. The van der Waals surface area contributed by atoms with Gasteiger partial charge >= 0.3 is 0 Å². The average Bonchev–Trinajstić information content (AvgIpc) is 0. The largest absolute Gasteiger partial charge is 2.00 e. The zero-order chi connectivity index (χ0) is 0. The molecular weight excluding hydrogens is 522 g/mol. The fraction of sp³-hybridized carbons (Fsp3) is 0. The molecule has 0 amide bonds. The number of hydrogen-bond acceptors (Lipinski definition) is 0. The van der Waals surface area contributed by atoms with E-state index in [1.165, 1.54) is 0 Å². The summed E-state index contributed by atoms with van der Waals surface area (Å²) in [4.78, 5) is 0. The van der Waals surface area contributed by atoms with E-state index in [1.54, 1.807) is 0 Å². The maximum Gasteiger partial charge on any atom is 0 e. The third-order valence-electron chi connectivity index (χ3n) is 0.